The van der Waals surface area contributed by atoms with Crippen LogP contribution < -0.4 is 14.8 Å². The summed E-state index contributed by atoms with van der Waals surface area (Å²) in [5, 5.41) is 27.1. The highest BCUT2D eigenvalue weighted by Gasteiger charge is 2.66. The highest BCUT2D eigenvalue weighted by Crippen LogP contribution is 2.64. The topological polar surface area (TPSA) is 162 Å². The van der Waals surface area contributed by atoms with Crippen LogP contribution in [0.4, 0.5) is 0 Å². The lowest BCUT2D eigenvalue weighted by Gasteiger charge is -2.58. The van der Waals surface area contributed by atoms with E-state index >= 15 is 0 Å². The van der Waals surface area contributed by atoms with Crippen LogP contribution in [0.5, 0.6) is 11.5 Å². The smallest absolute Gasteiger partial charge is 0.327 e. The normalized spacial score (nSPS) is 28.6. The van der Waals surface area contributed by atoms with E-state index in [1.165, 1.54) is 18.7 Å². The number of carbonyl (C=O) groups excluding carboxylic acids is 2. The lowest BCUT2D eigenvalue weighted by atomic mass is 9.51. The molecule has 0 aromatic heterocycles. The molecule has 1 spiro atoms. The number of carboxylic acids is 1. The molecule has 11 nitrogen and oxygen atoms in total. The molecule has 3 unspecified atom stereocenters. The first-order chi connectivity index (χ1) is 19.3. The second-order valence-corrected chi connectivity index (χ2v) is 10.8. The van der Waals surface area contributed by atoms with E-state index in [0.29, 0.717) is 24.5 Å². The predicted molar refractivity (Wildman–Crippen MR) is 145 cm³/mol. The van der Waals surface area contributed by atoms with Crippen molar-refractivity contribution in [1.29, 1.82) is 10.8 Å². The summed E-state index contributed by atoms with van der Waals surface area (Å²) < 4.78 is 18.2. The zero-order valence-electron chi connectivity index (χ0n) is 22.1. The fourth-order valence-corrected chi connectivity index (χ4v) is 7.29. The molecule has 2 fully saturated rings. The molecule has 1 aromatic rings. The molecule has 212 valence electrons. The summed E-state index contributed by atoms with van der Waals surface area (Å²) in [5.41, 5.74) is 1.89. The number of carboxylic acid groups (broad SMARTS) is 1. The number of rotatable bonds is 12. The minimum atomic E-state index is -1.34. The van der Waals surface area contributed by atoms with E-state index in [2.05, 4.69) is 29.4 Å². The van der Waals surface area contributed by atoms with Gasteiger partial charge in [-0.3, -0.25) is 15.0 Å². The van der Waals surface area contributed by atoms with Gasteiger partial charge in [0.1, 0.15) is 18.2 Å². The summed E-state index contributed by atoms with van der Waals surface area (Å²) in [6.07, 6.45) is 6.43. The molecule has 5 rings (SSSR count). The number of likely N-dealkylation sites (tertiary alicyclic amines) is 1. The molecule has 11 heteroatoms. The average Bonchev–Trinajstić information content (AvgIpc) is 3.29. The number of piperidine rings is 1. The Labute approximate surface area is 232 Å². The standard InChI is InChI=1S/C29H34N4O7/c1-3-16(14-30)25(28(36)37)32-22(34)9-10-23(35)39-21-8-6-18-19-13-17-5-7-20(38-4-2)26-24(17)29(18,27(21)40-26)11-12-33(19)15-31/h3-5,7,14-16,18-19,21,25,27,30-31H,1-2,6,8-13H2,(H,32,34)(H,36,37)/t16?,18?,19?,21-,25-,27-,29-/m0/s1. The molecule has 2 heterocycles. The summed E-state index contributed by atoms with van der Waals surface area (Å²) in [6, 6.07) is 2.74. The molecule has 1 saturated heterocycles. The zero-order chi connectivity index (χ0) is 28.6. The van der Waals surface area contributed by atoms with Gasteiger partial charge in [0, 0.05) is 42.1 Å². The van der Waals surface area contributed by atoms with Crippen LogP contribution in [0.1, 0.15) is 43.2 Å². The second-order valence-electron chi connectivity index (χ2n) is 10.8. The molecule has 2 aliphatic carbocycles. The van der Waals surface area contributed by atoms with Crippen LogP contribution in [0, 0.1) is 22.7 Å². The number of esters is 1. The maximum atomic E-state index is 12.9. The van der Waals surface area contributed by atoms with Crippen molar-refractivity contribution in [2.75, 3.05) is 6.54 Å². The number of hydrogen-bond acceptors (Lipinski definition) is 8. The maximum Gasteiger partial charge on any atom is 0.327 e. The van der Waals surface area contributed by atoms with Gasteiger partial charge in [0.15, 0.2) is 11.5 Å². The molecule has 1 amide bonds. The Bertz CT molecular complexity index is 1260. The van der Waals surface area contributed by atoms with Crippen molar-refractivity contribution >= 4 is 30.4 Å². The van der Waals surface area contributed by atoms with Gasteiger partial charge in [-0.2, -0.15) is 0 Å². The summed E-state index contributed by atoms with van der Waals surface area (Å²) in [6.45, 7) is 7.88. The molecule has 1 saturated carbocycles. The van der Waals surface area contributed by atoms with Crippen molar-refractivity contribution in [1.82, 2.24) is 10.2 Å². The van der Waals surface area contributed by atoms with Crippen molar-refractivity contribution in [3.8, 4) is 11.5 Å². The number of benzene rings is 1. The quantitative estimate of drug-likeness (QED) is 0.101. The third-order valence-corrected chi connectivity index (χ3v) is 8.94. The van der Waals surface area contributed by atoms with Gasteiger partial charge in [-0.05, 0) is 43.2 Å². The first-order valence-corrected chi connectivity index (χ1v) is 13.5. The largest absolute Gasteiger partial charge is 0.481 e. The van der Waals surface area contributed by atoms with Crippen LogP contribution in [0.2, 0.25) is 0 Å². The minimum absolute atomic E-state index is 0.157. The van der Waals surface area contributed by atoms with Gasteiger partial charge < -0.3 is 34.9 Å². The van der Waals surface area contributed by atoms with Crippen LogP contribution in [0.25, 0.3) is 0 Å². The summed E-state index contributed by atoms with van der Waals surface area (Å²) in [7, 11) is 0. The summed E-state index contributed by atoms with van der Waals surface area (Å²) in [4.78, 5) is 39.0. The van der Waals surface area contributed by atoms with Crippen LogP contribution in [0.15, 0.2) is 37.6 Å². The Balaban J connectivity index is 1.32. The number of nitrogens with zero attached hydrogens (tertiary/aromatic N) is 1. The number of amides is 1. The number of aliphatic carboxylic acids is 1. The Kier molecular flexibility index (Phi) is 7.39. The number of nitrogens with one attached hydrogen (secondary N) is 3. The Morgan fingerprint density at radius 2 is 2.05 bits per heavy atom. The van der Waals surface area contributed by atoms with Gasteiger partial charge in [0.25, 0.3) is 0 Å². The number of carbonyl (C=O) groups is 3. The fraction of sp³-hybridized carbons (Fsp3) is 0.483. The van der Waals surface area contributed by atoms with Crippen molar-refractivity contribution in [2.45, 2.75) is 68.2 Å². The van der Waals surface area contributed by atoms with Gasteiger partial charge in [-0.1, -0.05) is 18.7 Å². The fourth-order valence-electron chi connectivity index (χ4n) is 7.29. The second kappa shape index (κ2) is 10.8. The lowest BCUT2D eigenvalue weighted by molar-refractivity contribution is -0.165. The maximum absolute atomic E-state index is 12.9. The first-order valence-electron chi connectivity index (χ1n) is 13.5. The molecule has 0 radical (unpaired) electrons. The van der Waals surface area contributed by atoms with Crippen LogP contribution in [-0.2, 0) is 31.0 Å². The predicted octanol–water partition coefficient (Wildman–Crippen LogP) is 2.57. The number of hydrogen-bond donors (Lipinski definition) is 4. The molecule has 2 bridgehead atoms. The van der Waals surface area contributed by atoms with Crippen LogP contribution >= 0.6 is 0 Å². The molecule has 7 atom stereocenters. The van der Waals surface area contributed by atoms with Crippen LogP contribution in [0.3, 0.4) is 0 Å². The van der Waals surface area contributed by atoms with Gasteiger partial charge in [-0.25, -0.2) is 4.79 Å². The zero-order valence-corrected chi connectivity index (χ0v) is 22.1. The van der Waals surface area contributed by atoms with E-state index in [-0.39, 0.29) is 30.2 Å². The third-order valence-electron chi connectivity index (χ3n) is 8.94. The van der Waals surface area contributed by atoms with E-state index in [1.54, 1.807) is 0 Å². The highest BCUT2D eigenvalue weighted by atomic mass is 16.6. The molecule has 2 aliphatic heterocycles. The van der Waals surface area contributed by atoms with Crippen molar-refractivity contribution in [3.63, 3.8) is 0 Å². The molecule has 1 aromatic carbocycles. The van der Waals surface area contributed by atoms with E-state index in [9.17, 15) is 19.5 Å². The molecular formula is C29H34N4O7. The molecular weight excluding hydrogens is 516 g/mol. The molecule has 40 heavy (non-hydrogen) atoms. The van der Waals surface area contributed by atoms with Gasteiger partial charge in [0.2, 0.25) is 5.91 Å². The van der Waals surface area contributed by atoms with Crippen molar-refractivity contribution < 1.29 is 33.7 Å². The summed E-state index contributed by atoms with van der Waals surface area (Å²) >= 11 is 0. The highest BCUT2D eigenvalue weighted by molar-refractivity contribution is 5.88. The van der Waals surface area contributed by atoms with E-state index in [4.69, 9.17) is 25.0 Å². The van der Waals surface area contributed by atoms with Gasteiger partial charge >= 0.3 is 11.9 Å². The van der Waals surface area contributed by atoms with Crippen molar-refractivity contribution in [2.24, 2.45) is 11.8 Å². The number of ether oxygens (including phenoxy) is 3. The van der Waals surface area contributed by atoms with Crippen LogP contribution in [-0.4, -0.2) is 71.2 Å². The first kappa shape index (κ1) is 27.4. The molecule has 4 aliphatic rings. The Morgan fingerprint density at radius 1 is 1.25 bits per heavy atom. The third kappa shape index (κ3) is 4.33. The van der Waals surface area contributed by atoms with Gasteiger partial charge in [0.05, 0.1) is 19.0 Å². The van der Waals surface area contributed by atoms with E-state index in [1.807, 2.05) is 6.07 Å². The van der Waals surface area contributed by atoms with E-state index in [0.717, 1.165) is 36.6 Å². The minimum Gasteiger partial charge on any atom is -0.481 e. The lowest BCUT2D eigenvalue weighted by Crippen LogP contribution is -2.67. The summed E-state index contributed by atoms with van der Waals surface area (Å²) in [5.74, 6) is -1.91. The van der Waals surface area contributed by atoms with Gasteiger partial charge in [-0.15, -0.1) is 6.58 Å². The monoisotopic (exact) mass is 550 g/mol. The average molecular weight is 551 g/mol. The van der Waals surface area contributed by atoms with E-state index < -0.39 is 42.0 Å². The molecule has 4 N–H and O–H groups in total. The van der Waals surface area contributed by atoms with Crippen molar-refractivity contribution in [3.05, 3.63) is 48.8 Å². The Hall–Kier alpha value is -4.15. The SMILES string of the molecule is C=COc1ccc2c3c1O[C@H]1[C@@H](OC(=O)CCC(=O)N[C@H](C(=O)O)C(C=C)C=N)CCC4C(C2)N(C=N)CC[C@@]341. The Morgan fingerprint density at radius 3 is 2.73 bits per heavy atom.